The molecule has 1 saturated heterocycles. The predicted molar refractivity (Wildman–Crippen MR) is 86.9 cm³/mol. The molecule has 6 nitrogen and oxygen atoms in total. The summed E-state index contributed by atoms with van der Waals surface area (Å²) < 4.78 is 16.0. The molecule has 0 radical (unpaired) electrons. The lowest BCUT2D eigenvalue weighted by Crippen LogP contribution is -2.49. The summed E-state index contributed by atoms with van der Waals surface area (Å²) in [7, 11) is 0. The van der Waals surface area contributed by atoms with Crippen molar-refractivity contribution in [3.8, 4) is 0 Å². The number of ether oxygens (including phenoxy) is 3. The Balaban J connectivity index is 2.66. The number of allylic oxidation sites excluding steroid dienone is 1. The van der Waals surface area contributed by atoms with Crippen LogP contribution in [0.3, 0.4) is 0 Å². The van der Waals surface area contributed by atoms with Crippen LogP contribution in [-0.4, -0.2) is 47.5 Å². The topological polar surface area (TPSA) is 65.1 Å². The van der Waals surface area contributed by atoms with Crippen molar-refractivity contribution in [2.75, 3.05) is 13.2 Å². The quantitative estimate of drug-likeness (QED) is 0.573. The second-order valence-electron chi connectivity index (χ2n) is 6.95. The Morgan fingerprint density at radius 2 is 2.00 bits per heavy atom. The summed E-state index contributed by atoms with van der Waals surface area (Å²) in [5.74, 6) is -0.218. The molecule has 23 heavy (non-hydrogen) atoms. The zero-order valence-electron chi connectivity index (χ0n) is 15.0. The number of hydrogen-bond acceptors (Lipinski definition) is 5. The lowest BCUT2D eigenvalue weighted by Gasteiger charge is -2.34. The standard InChI is InChI=1S/C17H29NO5/c1-7-21-14(19)11-9-8-10-13-12-22-17(5,6)18(13)15(20)23-16(2,3)4/h8,10,13H,7,9,11-12H2,1-6H3/b10-8-/t13-/m1/s1. The molecule has 132 valence electrons. The van der Waals surface area contributed by atoms with Gasteiger partial charge in [-0.2, -0.15) is 0 Å². The average Bonchev–Trinajstić information content (AvgIpc) is 2.68. The fraction of sp³-hybridized carbons (Fsp3) is 0.765. The van der Waals surface area contributed by atoms with Gasteiger partial charge in [0, 0.05) is 6.42 Å². The molecular weight excluding hydrogens is 298 g/mol. The Hall–Kier alpha value is -1.56. The van der Waals surface area contributed by atoms with E-state index in [2.05, 4.69) is 0 Å². The van der Waals surface area contributed by atoms with Gasteiger partial charge in [0.25, 0.3) is 0 Å². The first-order valence-corrected chi connectivity index (χ1v) is 8.05. The summed E-state index contributed by atoms with van der Waals surface area (Å²) in [6.45, 7) is 11.7. The minimum Gasteiger partial charge on any atom is -0.466 e. The molecule has 1 aliphatic rings. The van der Waals surface area contributed by atoms with Gasteiger partial charge >= 0.3 is 12.1 Å². The maximum Gasteiger partial charge on any atom is 0.413 e. The molecule has 1 amide bonds. The van der Waals surface area contributed by atoms with Crippen LogP contribution in [0.1, 0.15) is 54.4 Å². The highest BCUT2D eigenvalue weighted by Gasteiger charge is 2.44. The van der Waals surface area contributed by atoms with Crippen molar-refractivity contribution >= 4 is 12.1 Å². The fourth-order valence-corrected chi connectivity index (χ4v) is 2.33. The molecule has 1 atom stereocenters. The van der Waals surface area contributed by atoms with E-state index in [0.29, 0.717) is 26.1 Å². The van der Waals surface area contributed by atoms with Gasteiger partial charge in [0.15, 0.2) is 0 Å². The molecule has 1 aliphatic heterocycles. The van der Waals surface area contributed by atoms with Gasteiger partial charge in [-0.1, -0.05) is 12.2 Å². The van der Waals surface area contributed by atoms with Gasteiger partial charge in [0.2, 0.25) is 0 Å². The van der Waals surface area contributed by atoms with Crippen LogP contribution >= 0.6 is 0 Å². The molecule has 0 unspecified atom stereocenters. The van der Waals surface area contributed by atoms with Gasteiger partial charge in [-0.25, -0.2) is 4.79 Å². The average molecular weight is 327 g/mol. The van der Waals surface area contributed by atoms with E-state index in [-0.39, 0.29) is 12.0 Å². The van der Waals surface area contributed by atoms with Crippen molar-refractivity contribution < 1.29 is 23.8 Å². The van der Waals surface area contributed by atoms with Crippen LogP contribution in [0.4, 0.5) is 4.79 Å². The summed E-state index contributed by atoms with van der Waals surface area (Å²) >= 11 is 0. The fourth-order valence-electron chi connectivity index (χ4n) is 2.33. The van der Waals surface area contributed by atoms with Crippen LogP contribution in [0, 0.1) is 0 Å². The van der Waals surface area contributed by atoms with E-state index in [1.165, 1.54) is 0 Å². The van der Waals surface area contributed by atoms with E-state index < -0.39 is 17.4 Å². The van der Waals surface area contributed by atoms with Gasteiger partial charge in [0.05, 0.1) is 19.3 Å². The van der Waals surface area contributed by atoms with Crippen molar-refractivity contribution in [2.24, 2.45) is 0 Å². The van der Waals surface area contributed by atoms with Gasteiger partial charge in [0.1, 0.15) is 11.3 Å². The van der Waals surface area contributed by atoms with Crippen LogP contribution in [0.25, 0.3) is 0 Å². The smallest absolute Gasteiger partial charge is 0.413 e. The largest absolute Gasteiger partial charge is 0.466 e. The van der Waals surface area contributed by atoms with Crippen LogP contribution in [-0.2, 0) is 19.0 Å². The molecule has 0 saturated carbocycles. The zero-order valence-corrected chi connectivity index (χ0v) is 15.0. The third-order valence-corrected chi connectivity index (χ3v) is 3.29. The minimum absolute atomic E-state index is 0.206. The Kier molecular flexibility index (Phi) is 6.62. The van der Waals surface area contributed by atoms with Gasteiger partial charge in [-0.3, -0.25) is 9.69 Å². The van der Waals surface area contributed by atoms with Gasteiger partial charge in [-0.15, -0.1) is 0 Å². The van der Waals surface area contributed by atoms with E-state index in [9.17, 15) is 9.59 Å². The molecule has 0 aliphatic carbocycles. The molecule has 0 aromatic rings. The number of carbonyl (C=O) groups excluding carboxylic acids is 2. The number of esters is 1. The van der Waals surface area contributed by atoms with E-state index >= 15 is 0 Å². The van der Waals surface area contributed by atoms with Crippen LogP contribution < -0.4 is 0 Å². The van der Waals surface area contributed by atoms with Crippen molar-refractivity contribution in [3.63, 3.8) is 0 Å². The second-order valence-corrected chi connectivity index (χ2v) is 6.95. The van der Waals surface area contributed by atoms with E-state index in [1.807, 2.05) is 46.8 Å². The van der Waals surface area contributed by atoms with Crippen molar-refractivity contribution in [1.29, 1.82) is 0 Å². The van der Waals surface area contributed by atoms with Crippen molar-refractivity contribution in [3.05, 3.63) is 12.2 Å². The summed E-state index contributed by atoms with van der Waals surface area (Å²) in [4.78, 5) is 25.3. The van der Waals surface area contributed by atoms with Crippen molar-refractivity contribution in [1.82, 2.24) is 4.90 Å². The molecule has 1 fully saturated rings. The lowest BCUT2D eigenvalue weighted by molar-refractivity contribution is -0.143. The zero-order chi connectivity index (χ0) is 17.7. The summed E-state index contributed by atoms with van der Waals surface area (Å²) in [5, 5.41) is 0. The van der Waals surface area contributed by atoms with Crippen molar-refractivity contribution in [2.45, 2.75) is 71.8 Å². The highest BCUT2D eigenvalue weighted by molar-refractivity contribution is 5.70. The number of nitrogens with zero attached hydrogens (tertiary/aromatic N) is 1. The maximum absolute atomic E-state index is 12.4. The Morgan fingerprint density at radius 1 is 1.35 bits per heavy atom. The molecule has 0 spiro atoms. The van der Waals surface area contributed by atoms with Crippen LogP contribution in [0.2, 0.25) is 0 Å². The predicted octanol–water partition coefficient (Wildman–Crippen LogP) is 3.26. The molecule has 0 aromatic heterocycles. The monoisotopic (exact) mass is 327 g/mol. The Labute approximate surface area is 138 Å². The molecule has 1 rings (SSSR count). The SMILES string of the molecule is CCOC(=O)CC/C=C\[C@@H]1COC(C)(C)N1C(=O)OC(C)(C)C. The van der Waals surface area contributed by atoms with Gasteiger partial charge < -0.3 is 14.2 Å². The molecular formula is C17H29NO5. The molecule has 0 aromatic carbocycles. The molecule has 0 bridgehead atoms. The number of hydrogen-bond donors (Lipinski definition) is 0. The maximum atomic E-state index is 12.4. The highest BCUT2D eigenvalue weighted by atomic mass is 16.6. The Bertz CT molecular complexity index is 450. The number of amides is 1. The first kappa shape index (κ1) is 19.5. The minimum atomic E-state index is -0.724. The third kappa shape index (κ3) is 6.22. The normalized spacial score (nSPS) is 20.8. The Morgan fingerprint density at radius 3 is 2.57 bits per heavy atom. The van der Waals surface area contributed by atoms with Crippen LogP contribution in [0.15, 0.2) is 12.2 Å². The molecule has 1 heterocycles. The summed E-state index contributed by atoms with van der Waals surface area (Å²) in [6.07, 6.45) is 4.26. The number of rotatable bonds is 5. The first-order chi connectivity index (χ1) is 10.6. The highest BCUT2D eigenvalue weighted by Crippen LogP contribution is 2.30. The third-order valence-electron chi connectivity index (χ3n) is 3.29. The number of carbonyl (C=O) groups is 2. The molecule has 0 N–H and O–H groups in total. The summed E-state index contributed by atoms with van der Waals surface area (Å²) in [5.41, 5.74) is -1.29. The lowest BCUT2D eigenvalue weighted by atomic mass is 10.1. The van der Waals surface area contributed by atoms with E-state index in [1.54, 1.807) is 11.8 Å². The van der Waals surface area contributed by atoms with E-state index in [4.69, 9.17) is 14.2 Å². The molecule has 6 heteroatoms. The van der Waals surface area contributed by atoms with Gasteiger partial charge in [-0.05, 0) is 48.0 Å². The second kappa shape index (κ2) is 7.81. The van der Waals surface area contributed by atoms with Crippen LogP contribution in [0.5, 0.6) is 0 Å². The summed E-state index contributed by atoms with van der Waals surface area (Å²) in [6, 6.07) is -0.206. The first-order valence-electron chi connectivity index (χ1n) is 8.05. The van der Waals surface area contributed by atoms with E-state index in [0.717, 1.165) is 0 Å².